The van der Waals surface area contributed by atoms with E-state index in [-0.39, 0.29) is 0 Å². The number of hydrogen-bond donors (Lipinski definition) is 2. The average Bonchev–Trinajstić information content (AvgIpc) is 3.17. The predicted octanol–water partition coefficient (Wildman–Crippen LogP) is 3.89. The van der Waals surface area contributed by atoms with Gasteiger partial charge in [-0.1, -0.05) is 11.6 Å². The van der Waals surface area contributed by atoms with Gasteiger partial charge in [-0.05, 0) is 19.1 Å². The van der Waals surface area contributed by atoms with Crippen LogP contribution in [0.2, 0.25) is 5.02 Å². The second-order valence-corrected chi connectivity index (χ2v) is 6.02. The maximum atomic E-state index is 5.83. The normalized spacial score (nSPS) is 11.2. The fourth-order valence-electron chi connectivity index (χ4n) is 2.29. The van der Waals surface area contributed by atoms with E-state index < -0.39 is 0 Å². The molecule has 0 saturated carbocycles. The lowest BCUT2D eigenvalue weighted by Crippen LogP contribution is -1.93. The van der Waals surface area contributed by atoms with Gasteiger partial charge in [0.1, 0.15) is 11.5 Å². The molecule has 0 radical (unpaired) electrons. The average molecular weight is 331 g/mol. The van der Waals surface area contributed by atoms with E-state index in [1.165, 1.54) is 11.3 Å². The molecule has 8 heteroatoms. The molecule has 0 saturated heterocycles. The van der Waals surface area contributed by atoms with Crippen molar-refractivity contribution in [1.82, 2.24) is 24.3 Å². The number of H-pyrrole nitrogens is 1. The highest BCUT2D eigenvalue weighted by Crippen LogP contribution is 2.29. The van der Waals surface area contributed by atoms with E-state index in [2.05, 4.69) is 25.3 Å². The molecule has 0 atom stereocenters. The van der Waals surface area contributed by atoms with Crippen molar-refractivity contribution in [3.63, 3.8) is 0 Å². The molecule has 22 heavy (non-hydrogen) atoms. The Kier molecular flexibility index (Phi) is 3.09. The fourth-order valence-corrected chi connectivity index (χ4v) is 3.10. The van der Waals surface area contributed by atoms with Crippen LogP contribution >= 0.6 is 22.9 Å². The number of aromatic amines is 1. The Balaban J connectivity index is 1.67. The van der Waals surface area contributed by atoms with Gasteiger partial charge in [-0.15, -0.1) is 11.3 Å². The zero-order valence-electron chi connectivity index (χ0n) is 11.5. The van der Waals surface area contributed by atoms with Crippen LogP contribution in [0.4, 0.5) is 10.9 Å². The van der Waals surface area contributed by atoms with Gasteiger partial charge in [-0.2, -0.15) is 0 Å². The largest absolute Gasteiger partial charge is 0.330 e. The van der Waals surface area contributed by atoms with Gasteiger partial charge in [-0.25, -0.2) is 15.0 Å². The highest BCUT2D eigenvalue weighted by molar-refractivity contribution is 7.14. The van der Waals surface area contributed by atoms with Gasteiger partial charge in [0.15, 0.2) is 5.13 Å². The van der Waals surface area contributed by atoms with Crippen molar-refractivity contribution in [3.8, 4) is 11.4 Å². The molecule has 0 aliphatic rings. The molecule has 4 heterocycles. The van der Waals surface area contributed by atoms with E-state index in [4.69, 9.17) is 11.6 Å². The van der Waals surface area contributed by atoms with Crippen LogP contribution < -0.4 is 5.32 Å². The molecule has 0 aliphatic heterocycles. The Hall–Kier alpha value is -2.38. The molecule has 4 aromatic heterocycles. The summed E-state index contributed by atoms with van der Waals surface area (Å²) in [6.45, 7) is 1.98. The first-order valence-corrected chi connectivity index (χ1v) is 7.83. The summed E-state index contributed by atoms with van der Waals surface area (Å²) < 4.78 is 1.99. The quantitative estimate of drug-likeness (QED) is 0.598. The van der Waals surface area contributed by atoms with Crippen molar-refractivity contribution in [2.75, 3.05) is 5.32 Å². The van der Waals surface area contributed by atoms with Crippen molar-refractivity contribution in [1.29, 1.82) is 0 Å². The number of imidazole rings is 2. The molecule has 0 aromatic carbocycles. The molecule has 0 spiro atoms. The summed E-state index contributed by atoms with van der Waals surface area (Å²) in [6.07, 6.45) is 5.40. The lowest BCUT2D eigenvalue weighted by atomic mass is 10.3. The van der Waals surface area contributed by atoms with Crippen LogP contribution in [0, 0.1) is 6.92 Å². The van der Waals surface area contributed by atoms with Crippen molar-refractivity contribution >= 4 is 39.7 Å². The summed E-state index contributed by atoms with van der Waals surface area (Å²) in [5.74, 6) is 1.52. The van der Waals surface area contributed by atoms with E-state index in [1.54, 1.807) is 12.3 Å². The van der Waals surface area contributed by atoms with E-state index in [1.807, 2.05) is 35.2 Å². The molecular formula is C14H11ClN6S. The molecule has 4 aromatic rings. The lowest BCUT2D eigenvalue weighted by Gasteiger charge is -2.00. The number of hydrogen-bond acceptors (Lipinski definition) is 5. The molecule has 2 N–H and O–H groups in total. The summed E-state index contributed by atoms with van der Waals surface area (Å²) in [4.78, 5) is 16.4. The summed E-state index contributed by atoms with van der Waals surface area (Å²) >= 11 is 7.35. The number of nitrogens with one attached hydrogen (secondary N) is 2. The Morgan fingerprint density at radius 2 is 2.23 bits per heavy atom. The third kappa shape index (κ3) is 2.24. The van der Waals surface area contributed by atoms with Gasteiger partial charge in [0.25, 0.3) is 0 Å². The van der Waals surface area contributed by atoms with E-state index >= 15 is 0 Å². The van der Waals surface area contributed by atoms with Crippen molar-refractivity contribution < 1.29 is 0 Å². The fraction of sp³-hybridized carbons (Fsp3) is 0.0714. The monoisotopic (exact) mass is 330 g/mol. The number of anilines is 2. The minimum Gasteiger partial charge on any atom is -0.330 e. The second kappa shape index (κ2) is 5.11. The van der Waals surface area contributed by atoms with Gasteiger partial charge in [0.05, 0.1) is 16.4 Å². The van der Waals surface area contributed by atoms with Gasteiger partial charge in [0.2, 0.25) is 5.78 Å². The number of thiazole rings is 1. The van der Waals surface area contributed by atoms with Crippen LogP contribution in [0.3, 0.4) is 0 Å². The van der Waals surface area contributed by atoms with Crippen LogP contribution in [0.5, 0.6) is 0 Å². The second-order valence-electron chi connectivity index (χ2n) is 4.72. The van der Waals surface area contributed by atoms with Crippen LogP contribution in [-0.4, -0.2) is 24.3 Å². The third-order valence-corrected chi connectivity index (χ3v) is 4.21. The standard InChI is InChI=1S/C14H11ClN6S/c1-8-12(21-5-4-16-13(21)18-8)10-7-22-14(19-10)20-11-3-2-9(15)6-17-11/h2-7H,1H3,(H,16,18)(H,17,19,20). The lowest BCUT2D eigenvalue weighted by molar-refractivity contribution is 1.19. The highest BCUT2D eigenvalue weighted by Gasteiger charge is 2.14. The summed E-state index contributed by atoms with van der Waals surface area (Å²) in [5, 5.41) is 6.56. The third-order valence-electron chi connectivity index (χ3n) is 3.23. The zero-order chi connectivity index (χ0) is 15.1. The molecule has 6 nitrogen and oxygen atoms in total. The van der Waals surface area contributed by atoms with Crippen molar-refractivity contribution in [2.24, 2.45) is 0 Å². The summed E-state index contributed by atoms with van der Waals surface area (Å²) in [6, 6.07) is 3.60. The predicted molar refractivity (Wildman–Crippen MR) is 87.9 cm³/mol. The van der Waals surface area contributed by atoms with Crippen LogP contribution in [0.15, 0.2) is 36.1 Å². The van der Waals surface area contributed by atoms with Gasteiger partial charge >= 0.3 is 0 Å². The van der Waals surface area contributed by atoms with Gasteiger partial charge in [0, 0.05) is 24.0 Å². The number of halogens is 1. The first-order valence-electron chi connectivity index (χ1n) is 6.57. The molecule has 0 bridgehead atoms. The van der Waals surface area contributed by atoms with Crippen LogP contribution in [0.1, 0.15) is 5.69 Å². The highest BCUT2D eigenvalue weighted by atomic mass is 35.5. The van der Waals surface area contributed by atoms with E-state index in [0.717, 1.165) is 28.0 Å². The Morgan fingerprint density at radius 1 is 1.32 bits per heavy atom. The number of nitrogens with zero attached hydrogens (tertiary/aromatic N) is 4. The SMILES string of the molecule is Cc1nc2[nH]ccn2c1-c1csc(Nc2ccc(Cl)cn2)n1. The molecule has 0 unspecified atom stereocenters. The molecule has 110 valence electrons. The topological polar surface area (TPSA) is 70.9 Å². The van der Waals surface area contributed by atoms with Gasteiger partial charge < -0.3 is 10.3 Å². The zero-order valence-corrected chi connectivity index (χ0v) is 13.1. The summed E-state index contributed by atoms with van der Waals surface area (Å²) in [5.41, 5.74) is 2.81. The van der Waals surface area contributed by atoms with Crippen LogP contribution in [0.25, 0.3) is 17.2 Å². The molecule has 0 amide bonds. The molecule has 0 fully saturated rings. The minimum absolute atomic E-state index is 0.607. The smallest absolute Gasteiger partial charge is 0.211 e. The first kappa shape index (κ1) is 13.3. The van der Waals surface area contributed by atoms with Gasteiger partial charge in [-0.3, -0.25) is 4.40 Å². The number of pyridine rings is 1. The maximum Gasteiger partial charge on any atom is 0.211 e. The minimum atomic E-state index is 0.607. The number of fused-ring (bicyclic) bond motifs is 1. The Morgan fingerprint density at radius 3 is 3.05 bits per heavy atom. The number of rotatable bonds is 3. The molecule has 4 rings (SSSR count). The Labute approximate surface area is 134 Å². The summed E-state index contributed by atoms with van der Waals surface area (Å²) in [7, 11) is 0. The molecular weight excluding hydrogens is 320 g/mol. The Bertz CT molecular complexity index is 936. The van der Waals surface area contributed by atoms with Crippen molar-refractivity contribution in [3.05, 3.63) is 46.8 Å². The van der Waals surface area contributed by atoms with Crippen LogP contribution in [-0.2, 0) is 0 Å². The molecule has 0 aliphatic carbocycles. The van der Waals surface area contributed by atoms with Crippen molar-refractivity contribution in [2.45, 2.75) is 6.92 Å². The first-order chi connectivity index (χ1) is 10.7. The van der Waals surface area contributed by atoms with E-state index in [0.29, 0.717) is 10.8 Å². The maximum absolute atomic E-state index is 5.83. The number of aromatic nitrogens is 5. The van der Waals surface area contributed by atoms with E-state index in [9.17, 15) is 0 Å². The number of aryl methyl sites for hydroxylation is 1.